The van der Waals surface area contributed by atoms with Crippen LogP contribution in [0.25, 0.3) is 5.69 Å². The number of aliphatic hydroxyl groups excluding tert-OH is 1. The van der Waals surface area contributed by atoms with E-state index in [0.29, 0.717) is 12.3 Å². The third-order valence-electron chi connectivity index (χ3n) is 4.94. The van der Waals surface area contributed by atoms with Crippen LogP contribution in [0.15, 0.2) is 24.3 Å². The van der Waals surface area contributed by atoms with Gasteiger partial charge in [0.2, 0.25) is 0 Å². The molecule has 22 heavy (non-hydrogen) atoms. The maximum absolute atomic E-state index is 9.02. The second-order valence-electron chi connectivity index (χ2n) is 6.47. The Morgan fingerprint density at radius 3 is 2.41 bits per heavy atom. The number of hydrogen-bond acceptors (Lipinski definition) is 2. The predicted octanol–water partition coefficient (Wildman–Crippen LogP) is 4.07. The number of benzene rings is 1. The summed E-state index contributed by atoms with van der Waals surface area (Å²) in [6.07, 6.45) is 7.42. The number of hydrogen-bond donors (Lipinski definition) is 1. The topological polar surface area (TPSA) is 38.0 Å². The standard InChI is InChI=1S/C19H26N2O/c1-14-19(17-6-4-3-5-7-17)15(2)21(20-14)18-10-8-16(9-11-18)12-13-22/h8-11,17,22H,3-7,12-13H2,1-2H3. The van der Waals surface area contributed by atoms with Gasteiger partial charge < -0.3 is 5.11 Å². The summed E-state index contributed by atoms with van der Waals surface area (Å²) < 4.78 is 2.09. The van der Waals surface area contributed by atoms with Crippen LogP contribution in [-0.4, -0.2) is 21.5 Å². The van der Waals surface area contributed by atoms with Crippen molar-refractivity contribution in [1.82, 2.24) is 9.78 Å². The van der Waals surface area contributed by atoms with Gasteiger partial charge in [-0.25, -0.2) is 4.68 Å². The van der Waals surface area contributed by atoms with Crippen molar-refractivity contribution in [2.75, 3.05) is 6.61 Å². The molecule has 0 amide bonds. The SMILES string of the molecule is Cc1nn(-c2ccc(CCO)cc2)c(C)c1C1CCCCC1. The average molecular weight is 298 g/mol. The monoisotopic (exact) mass is 298 g/mol. The molecular weight excluding hydrogens is 272 g/mol. The van der Waals surface area contributed by atoms with E-state index in [0.717, 1.165) is 5.69 Å². The van der Waals surface area contributed by atoms with Crippen molar-refractivity contribution in [3.05, 3.63) is 46.8 Å². The van der Waals surface area contributed by atoms with Gasteiger partial charge in [-0.3, -0.25) is 0 Å². The maximum Gasteiger partial charge on any atom is 0.0649 e. The summed E-state index contributed by atoms with van der Waals surface area (Å²) in [5.74, 6) is 0.691. The predicted molar refractivity (Wildman–Crippen MR) is 89.7 cm³/mol. The Kier molecular flexibility index (Phi) is 4.63. The van der Waals surface area contributed by atoms with Gasteiger partial charge in [-0.2, -0.15) is 5.10 Å². The number of aliphatic hydroxyl groups is 1. The van der Waals surface area contributed by atoms with Gasteiger partial charge >= 0.3 is 0 Å². The summed E-state index contributed by atoms with van der Waals surface area (Å²) in [5, 5.41) is 13.8. The Morgan fingerprint density at radius 1 is 1.09 bits per heavy atom. The van der Waals surface area contributed by atoms with E-state index in [1.807, 2.05) is 0 Å². The van der Waals surface area contributed by atoms with Crippen molar-refractivity contribution in [2.45, 2.75) is 58.3 Å². The zero-order valence-corrected chi connectivity index (χ0v) is 13.7. The quantitative estimate of drug-likeness (QED) is 0.924. The smallest absolute Gasteiger partial charge is 0.0649 e. The molecule has 1 aromatic heterocycles. The van der Waals surface area contributed by atoms with Gasteiger partial charge in [0.05, 0.1) is 11.4 Å². The highest BCUT2D eigenvalue weighted by atomic mass is 16.2. The minimum absolute atomic E-state index is 0.199. The highest BCUT2D eigenvalue weighted by Crippen LogP contribution is 2.36. The summed E-state index contributed by atoms with van der Waals surface area (Å²) in [6.45, 7) is 4.55. The van der Waals surface area contributed by atoms with Gasteiger partial charge in [0, 0.05) is 12.3 Å². The van der Waals surface area contributed by atoms with Crippen LogP contribution in [0, 0.1) is 13.8 Å². The van der Waals surface area contributed by atoms with Crippen molar-refractivity contribution in [1.29, 1.82) is 0 Å². The van der Waals surface area contributed by atoms with Crippen molar-refractivity contribution in [3.8, 4) is 5.69 Å². The summed E-state index contributed by atoms with van der Waals surface area (Å²) in [4.78, 5) is 0. The van der Waals surface area contributed by atoms with Crippen LogP contribution < -0.4 is 0 Å². The minimum atomic E-state index is 0.199. The van der Waals surface area contributed by atoms with Gasteiger partial charge in [-0.1, -0.05) is 31.4 Å². The highest BCUT2D eigenvalue weighted by Gasteiger charge is 2.23. The largest absolute Gasteiger partial charge is 0.396 e. The van der Waals surface area contributed by atoms with E-state index in [1.54, 1.807) is 0 Å². The van der Waals surface area contributed by atoms with Crippen LogP contribution in [0.4, 0.5) is 0 Å². The molecule has 0 atom stereocenters. The molecule has 1 saturated carbocycles. The first kappa shape index (κ1) is 15.3. The highest BCUT2D eigenvalue weighted by molar-refractivity contribution is 5.40. The second-order valence-corrected chi connectivity index (χ2v) is 6.47. The lowest BCUT2D eigenvalue weighted by Crippen LogP contribution is -2.07. The van der Waals surface area contributed by atoms with Crippen LogP contribution in [0.5, 0.6) is 0 Å². The molecule has 0 aliphatic heterocycles. The lowest BCUT2D eigenvalue weighted by atomic mass is 9.83. The molecule has 118 valence electrons. The lowest BCUT2D eigenvalue weighted by molar-refractivity contribution is 0.299. The van der Waals surface area contributed by atoms with Crippen LogP contribution >= 0.6 is 0 Å². The molecule has 0 saturated heterocycles. The van der Waals surface area contributed by atoms with E-state index >= 15 is 0 Å². The fourth-order valence-corrected chi connectivity index (χ4v) is 3.82. The molecule has 3 nitrogen and oxygen atoms in total. The maximum atomic E-state index is 9.02. The van der Waals surface area contributed by atoms with E-state index in [4.69, 9.17) is 10.2 Å². The van der Waals surface area contributed by atoms with E-state index in [2.05, 4.69) is 42.8 Å². The molecule has 1 aliphatic rings. The Hall–Kier alpha value is -1.61. The molecule has 2 aromatic rings. The Balaban J connectivity index is 1.91. The molecule has 0 unspecified atom stereocenters. The molecular formula is C19H26N2O. The third-order valence-corrected chi connectivity index (χ3v) is 4.94. The molecule has 0 radical (unpaired) electrons. The van der Waals surface area contributed by atoms with Gasteiger partial charge in [0.25, 0.3) is 0 Å². The van der Waals surface area contributed by atoms with Crippen molar-refractivity contribution in [3.63, 3.8) is 0 Å². The zero-order chi connectivity index (χ0) is 15.5. The van der Waals surface area contributed by atoms with Gasteiger partial charge in [-0.05, 0) is 62.3 Å². The van der Waals surface area contributed by atoms with Gasteiger partial charge in [0.15, 0.2) is 0 Å². The second kappa shape index (κ2) is 6.66. The van der Waals surface area contributed by atoms with E-state index < -0.39 is 0 Å². The van der Waals surface area contributed by atoms with Crippen molar-refractivity contribution in [2.24, 2.45) is 0 Å². The first-order valence-electron chi connectivity index (χ1n) is 8.47. The van der Waals surface area contributed by atoms with E-state index in [9.17, 15) is 0 Å². The van der Waals surface area contributed by atoms with Crippen LogP contribution in [0.2, 0.25) is 0 Å². The molecule has 1 aromatic carbocycles. The molecule has 1 aliphatic carbocycles. The van der Waals surface area contributed by atoms with Crippen LogP contribution in [-0.2, 0) is 6.42 Å². The van der Waals surface area contributed by atoms with E-state index in [-0.39, 0.29) is 6.61 Å². The molecule has 3 rings (SSSR count). The Labute approximate surface area is 133 Å². The summed E-state index contributed by atoms with van der Waals surface area (Å²) in [7, 11) is 0. The third kappa shape index (κ3) is 2.95. The number of nitrogens with zero attached hydrogens (tertiary/aromatic N) is 2. The molecule has 0 bridgehead atoms. The van der Waals surface area contributed by atoms with Crippen molar-refractivity contribution >= 4 is 0 Å². The van der Waals surface area contributed by atoms with E-state index in [1.165, 1.54) is 54.6 Å². The normalized spacial score (nSPS) is 16.1. The van der Waals surface area contributed by atoms with Crippen LogP contribution in [0.1, 0.15) is 60.5 Å². The Bertz CT molecular complexity index is 622. The fraction of sp³-hybridized carbons (Fsp3) is 0.526. The van der Waals surface area contributed by atoms with Gasteiger partial charge in [0.1, 0.15) is 0 Å². The number of aryl methyl sites for hydroxylation is 1. The molecule has 1 N–H and O–H groups in total. The first-order chi connectivity index (χ1) is 10.7. The number of aromatic nitrogens is 2. The molecule has 0 spiro atoms. The molecule has 3 heteroatoms. The average Bonchev–Trinajstić information content (AvgIpc) is 2.84. The lowest BCUT2D eigenvalue weighted by Gasteiger charge is -2.22. The fourth-order valence-electron chi connectivity index (χ4n) is 3.82. The Morgan fingerprint density at radius 2 is 1.77 bits per heavy atom. The zero-order valence-electron chi connectivity index (χ0n) is 13.7. The number of rotatable bonds is 4. The molecule has 1 fully saturated rings. The summed E-state index contributed by atoms with van der Waals surface area (Å²) in [6, 6.07) is 8.38. The summed E-state index contributed by atoms with van der Waals surface area (Å²) >= 11 is 0. The van der Waals surface area contributed by atoms with Crippen LogP contribution in [0.3, 0.4) is 0 Å². The first-order valence-corrected chi connectivity index (χ1v) is 8.47. The minimum Gasteiger partial charge on any atom is -0.396 e. The van der Waals surface area contributed by atoms with Crippen molar-refractivity contribution < 1.29 is 5.11 Å². The molecule has 1 heterocycles. The van der Waals surface area contributed by atoms with Gasteiger partial charge in [-0.15, -0.1) is 0 Å². The summed E-state index contributed by atoms with van der Waals surface area (Å²) in [5.41, 5.74) is 6.23.